The molecule has 0 spiro atoms. The van der Waals surface area contributed by atoms with Gasteiger partial charge in [0.2, 0.25) is 0 Å². The molecule has 0 fully saturated rings. The number of methoxy groups -OCH3 is 1. The molecule has 0 aliphatic heterocycles. The van der Waals surface area contributed by atoms with E-state index in [2.05, 4.69) is 4.98 Å². The van der Waals surface area contributed by atoms with Gasteiger partial charge in [-0.15, -0.1) is 11.6 Å². The van der Waals surface area contributed by atoms with Crippen molar-refractivity contribution in [2.75, 3.05) is 7.11 Å². The number of nitrogens with zero attached hydrogens (tertiary/aromatic N) is 1. The van der Waals surface area contributed by atoms with Crippen LogP contribution in [-0.4, -0.2) is 12.1 Å². The summed E-state index contributed by atoms with van der Waals surface area (Å²) in [6.45, 7) is 0.486. The van der Waals surface area contributed by atoms with Crippen LogP contribution in [0, 0.1) is 0 Å². The van der Waals surface area contributed by atoms with E-state index in [0.717, 1.165) is 22.6 Å². The van der Waals surface area contributed by atoms with Gasteiger partial charge >= 0.3 is 0 Å². The quantitative estimate of drug-likeness (QED) is 0.775. The first kappa shape index (κ1) is 12.7. The number of aromatic nitrogens is 1. The van der Waals surface area contributed by atoms with Gasteiger partial charge in [0.05, 0.1) is 19.2 Å². The molecule has 1 aromatic heterocycles. The van der Waals surface area contributed by atoms with Crippen molar-refractivity contribution in [1.82, 2.24) is 4.98 Å². The summed E-state index contributed by atoms with van der Waals surface area (Å²) in [5.41, 5.74) is 2.01. The van der Waals surface area contributed by atoms with Gasteiger partial charge in [0.15, 0.2) is 0 Å². The second-order valence-corrected chi connectivity index (χ2v) is 4.02. The minimum atomic E-state index is 0.417. The maximum atomic E-state index is 5.83. The lowest BCUT2D eigenvalue weighted by molar-refractivity contribution is 0.302. The first-order valence-corrected chi connectivity index (χ1v) is 6.11. The van der Waals surface area contributed by atoms with Crippen LogP contribution >= 0.6 is 11.6 Å². The maximum absolute atomic E-state index is 5.83. The van der Waals surface area contributed by atoms with Gasteiger partial charge in [-0.1, -0.05) is 12.1 Å². The van der Waals surface area contributed by atoms with Gasteiger partial charge in [-0.05, 0) is 23.8 Å². The Hall–Kier alpha value is -1.74. The predicted molar refractivity (Wildman–Crippen MR) is 71.1 cm³/mol. The summed E-state index contributed by atoms with van der Waals surface area (Å²) in [5, 5.41) is 0. The van der Waals surface area contributed by atoms with Crippen molar-refractivity contribution in [1.29, 1.82) is 0 Å². The lowest BCUT2D eigenvalue weighted by atomic mass is 10.2. The lowest BCUT2D eigenvalue weighted by Crippen LogP contribution is -1.98. The SMILES string of the molecule is COc1ccc(COc2cnccc2CCl)cc1. The van der Waals surface area contributed by atoms with Crippen LogP contribution in [-0.2, 0) is 12.5 Å². The largest absolute Gasteiger partial charge is 0.497 e. The zero-order valence-corrected chi connectivity index (χ0v) is 10.9. The number of benzene rings is 1. The lowest BCUT2D eigenvalue weighted by Gasteiger charge is -2.09. The van der Waals surface area contributed by atoms with Gasteiger partial charge in [0.1, 0.15) is 18.1 Å². The van der Waals surface area contributed by atoms with Crippen molar-refractivity contribution in [3.8, 4) is 11.5 Å². The van der Waals surface area contributed by atoms with Crippen LogP contribution in [0.2, 0.25) is 0 Å². The highest BCUT2D eigenvalue weighted by Gasteiger charge is 2.02. The summed E-state index contributed by atoms with van der Waals surface area (Å²) in [7, 11) is 1.65. The molecule has 0 aliphatic carbocycles. The Labute approximate surface area is 111 Å². The van der Waals surface area contributed by atoms with Crippen molar-refractivity contribution < 1.29 is 9.47 Å². The van der Waals surface area contributed by atoms with Crippen LogP contribution in [0.4, 0.5) is 0 Å². The Morgan fingerprint density at radius 1 is 1.17 bits per heavy atom. The second-order valence-electron chi connectivity index (χ2n) is 3.75. The fraction of sp³-hybridized carbons (Fsp3) is 0.214. The normalized spacial score (nSPS) is 10.1. The highest BCUT2D eigenvalue weighted by Crippen LogP contribution is 2.20. The van der Waals surface area contributed by atoms with E-state index in [0.29, 0.717) is 12.5 Å². The third kappa shape index (κ3) is 3.14. The minimum Gasteiger partial charge on any atom is -0.497 e. The van der Waals surface area contributed by atoms with Crippen LogP contribution in [0.1, 0.15) is 11.1 Å². The summed E-state index contributed by atoms with van der Waals surface area (Å²) in [5.74, 6) is 1.98. The summed E-state index contributed by atoms with van der Waals surface area (Å²) in [4.78, 5) is 4.03. The molecule has 18 heavy (non-hydrogen) atoms. The number of halogens is 1. The van der Waals surface area contributed by atoms with Gasteiger partial charge in [-0.2, -0.15) is 0 Å². The van der Waals surface area contributed by atoms with Crippen LogP contribution in [0.5, 0.6) is 11.5 Å². The van der Waals surface area contributed by atoms with Gasteiger partial charge in [-0.3, -0.25) is 4.98 Å². The molecule has 0 atom stereocenters. The molecular weight excluding hydrogens is 250 g/mol. The second kappa shape index (κ2) is 6.26. The summed E-state index contributed by atoms with van der Waals surface area (Å²) in [6, 6.07) is 9.61. The summed E-state index contributed by atoms with van der Waals surface area (Å²) in [6.07, 6.45) is 3.39. The molecule has 0 amide bonds. The number of hydrogen-bond donors (Lipinski definition) is 0. The minimum absolute atomic E-state index is 0.417. The number of ether oxygens (including phenoxy) is 2. The van der Waals surface area contributed by atoms with E-state index < -0.39 is 0 Å². The van der Waals surface area contributed by atoms with Crippen molar-refractivity contribution in [2.24, 2.45) is 0 Å². The van der Waals surface area contributed by atoms with Crippen LogP contribution in [0.3, 0.4) is 0 Å². The molecule has 0 saturated heterocycles. The highest BCUT2D eigenvalue weighted by atomic mass is 35.5. The van der Waals surface area contributed by atoms with Crippen LogP contribution < -0.4 is 9.47 Å². The third-order valence-corrected chi connectivity index (χ3v) is 2.86. The number of alkyl halides is 1. The first-order chi connectivity index (χ1) is 8.83. The Morgan fingerprint density at radius 3 is 2.61 bits per heavy atom. The average Bonchev–Trinajstić information content (AvgIpc) is 2.46. The van der Waals surface area contributed by atoms with E-state index in [1.165, 1.54) is 0 Å². The molecule has 1 aromatic carbocycles. The first-order valence-electron chi connectivity index (χ1n) is 5.58. The molecule has 0 N–H and O–H groups in total. The molecule has 1 heterocycles. The molecule has 4 heteroatoms. The monoisotopic (exact) mass is 263 g/mol. The van der Waals surface area contributed by atoms with Gasteiger partial charge < -0.3 is 9.47 Å². The van der Waals surface area contributed by atoms with Crippen molar-refractivity contribution in [3.05, 3.63) is 53.9 Å². The van der Waals surface area contributed by atoms with E-state index in [1.807, 2.05) is 30.3 Å². The van der Waals surface area contributed by atoms with Gasteiger partial charge in [-0.25, -0.2) is 0 Å². The van der Waals surface area contributed by atoms with Crippen LogP contribution in [0.25, 0.3) is 0 Å². The number of pyridine rings is 1. The number of rotatable bonds is 5. The topological polar surface area (TPSA) is 31.4 Å². The molecular formula is C14H14ClNO2. The zero-order valence-electron chi connectivity index (χ0n) is 10.1. The van der Waals surface area contributed by atoms with Gasteiger partial charge in [0, 0.05) is 11.8 Å². The standard InChI is InChI=1S/C14H14ClNO2/c1-17-13-4-2-11(3-5-13)10-18-14-9-16-7-6-12(14)8-15/h2-7,9H,8,10H2,1H3. The Kier molecular flexibility index (Phi) is 4.42. The van der Waals surface area contributed by atoms with E-state index in [1.54, 1.807) is 19.5 Å². The van der Waals surface area contributed by atoms with Crippen molar-refractivity contribution in [2.45, 2.75) is 12.5 Å². The maximum Gasteiger partial charge on any atom is 0.142 e. The summed E-state index contributed by atoms with van der Waals surface area (Å²) < 4.78 is 10.8. The van der Waals surface area contributed by atoms with E-state index in [4.69, 9.17) is 21.1 Å². The molecule has 0 unspecified atom stereocenters. The molecule has 0 saturated carbocycles. The zero-order chi connectivity index (χ0) is 12.8. The van der Waals surface area contributed by atoms with E-state index >= 15 is 0 Å². The Bertz CT molecular complexity index is 499. The molecule has 0 radical (unpaired) electrons. The molecule has 2 aromatic rings. The molecule has 3 nitrogen and oxygen atoms in total. The smallest absolute Gasteiger partial charge is 0.142 e. The number of hydrogen-bond acceptors (Lipinski definition) is 3. The predicted octanol–water partition coefficient (Wildman–Crippen LogP) is 3.41. The fourth-order valence-electron chi connectivity index (χ4n) is 1.53. The molecule has 0 bridgehead atoms. The molecule has 2 rings (SSSR count). The van der Waals surface area contributed by atoms with Gasteiger partial charge in [0.25, 0.3) is 0 Å². The van der Waals surface area contributed by atoms with Crippen LogP contribution in [0.15, 0.2) is 42.7 Å². The average molecular weight is 264 g/mol. The summed E-state index contributed by atoms with van der Waals surface area (Å²) >= 11 is 5.83. The van der Waals surface area contributed by atoms with Crippen molar-refractivity contribution in [3.63, 3.8) is 0 Å². The van der Waals surface area contributed by atoms with E-state index in [9.17, 15) is 0 Å². The fourth-order valence-corrected chi connectivity index (χ4v) is 1.75. The molecule has 94 valence electrons. The molecule has 0 aliphatic rings. The Morgan fingerprint density at radius 2 is 1.94 bits per heavy atom. The van der Waals surface area contributed by atoms with Crippen molar-refractivity contribution >= 4 is 11.6 Å². The highest BCUT2D eigenvalue weighted by molar-refractivity contribution is 6.17. The van der Waals surface area contributed by atoms with E-state index in [-0.39, 0.29) is 0 Å². The Balaban J connectivity index is 2.02. The third-order valence-electron chi connectivity index (χ3n) is 2.57.